The summed E-state index contributed by atoms with van der Waals surface area (Å²) >= 11 is 1.39. The highest BCUT2D eigenvalue weighted by Gasteiger charge is 2.35. The van der Waals surface area contributed by atoms with Crippen LogP contribution in [0.15, 0.2) is 24.4 Å². The number of hydrogen-bond donors (Lipinski definition) is 1. The molecular formula is C28H28FN3O4S. The highest BCUT2D eigenvalue weighted by Crippen LogP contribution is 2.48. The number of anilines is 1. The van der Waals surface area contributed by atoms with Gasteiger partial charge in [-0.25, -0.2) is 14.2 Å². The zero-order valence-corrected chi connectivity index (χ0v) is 22.0. The van der Waals surface area contributed by atoms with Crippen LogP contribution in [0.5, 0.6) is 5.75 Å². The maximum atomic E-state index is 16.0. The van der Waals surface area contributed by atoms with E-state index in [0.29, 0.717) is 28.0 Å². The lowest BCUT2D eigenvalue weighted by atomic mass is 9.88. The van der Waals surface area contributed by atoms with Crippen LogP contribution in [0.3, 0.4) is 0 Å². The summed E-state index contributed by atoms with van der Waals surface area (Å²) in [7, 11) is 0. The molecule has 9 heteroatoms. The summed E-state index contributed by atoms with van der Waals surface area (Å²) in [5, 5.41) is 12.0. The van der Waals surface area contributed by atoms with E-state index in [4.69, 9.17) is 14.5 Å². The van der Waals surface area contributed by atoms with Crippen molar-refractivity contribution >= 4 is 43.6 Å². The maximum Gasteiger partial charge on any atom is 0.337 e. The van der Waals surface area contributed by atoms with Crippen LogP contribution in [0.25, 0.3) is 32.2 Å². The SMILES string of the molecule is Cc1c(C(OC(C)(C)C)C(=O)O)c(-c2ccc3c4c(ccnc24)CCO3)c2sc(N3CCC3)nc2c1F. The Kier molecular flexibility index (Phi) is 5.61. The Morgan fingerprint density at radius 2 is 2.03 bits per heavy atom. The highest BCUT2D eigenvalue weighted by atomic mass is 32.1. The Hall–Kier alpha value is -3.30. The van der Waals surface area contributed by atoms with Crippen LogP contribution in [-0.4, -0.2) is 46.3 Å². The number of carboxylic acids is 1. The van der Waals surface area contributed by atoms with Gasteiger partial charge in [0.1, 0.15) is 11.3 Å². The van der Waals surface area contributed by atoms with Crippen molar-refractivity contribution < 1.29 is 23.8 Å². The monoisotopic (exact) mass is 521 g/mol. The van der Waals surface area contributed by atoms with Gasteiger partial charge in [0.15, 0.2) is 17.1 Å². The number of pyridine rings is 1. The van der Waals surface area contributed by atoms with Gasteiger partial charge in [-0.05, 0) is 63.4 Å². The van der Waals surface area contributed by atoms with E-state index < -0.39 is 23.5 Å². The number of ether oxygens (including phenoxy) is 2. The summed E-state index contributed by atoms with van der Waals surface area (Å²) in [6.45, 7) is 9.32. The Labute approximate surface area is 217 Å². The number of nitrogens with zero attached hydrogens (tertiary/aromatic N) is 3. The molecule has 4 aromatic rings. The number of thiazole rings is 1. The van der Waals surface area contributed by atoms with Crippen molar-refractivity contribution in [3.05, 3.63) is 46.9 Å². The number of carbonyl (C=O) groups is 1. The quantitative estimate of drug-likeness (QED) is 0.342. The van der Waals surface area contributed by atoms with Gasteiger partial charge in [-0.3, -0.25) is 4.98 Å². The van der Waals surface area contributed by atoms with E-state index in [1.165, 1.54) is 11.3 Å². The van der Waals surface area contributed by atoms with Gasteiger partial charge in [0.2, 0.25) is 0 Å². The lowest BCUT2D eigenvalue weighted by molar-refractivity contribution is -0.160. The van der Waals surface area contributed by atoms with Gasteiger partial charge in [-0.15, -0.1) is 0 Å². The zero-order chi connectivity index (χ0) is 26.1. The van der Waals surface area contributed by atoms with Crippen LogP contribution in [0, 0.1) is 12.7 Å². The maximum absolute atomic E-state index is 16.0. The van der Waals surface area contributed by atoms with Crippen LogP contribution in [0.4, 0.5) is 9.52 Å². The molecule has 192 valence electrons. The molecule has 2 aromatic heterocycles. The second-order valence-corrected chi connectivity index (χ2v) is 11.6. The van der Waals surface area contributed by atoms with Gasteiger partial charge in [0.25, 0.3) is 0 Å². The normalized spacial score (nSPS) is 16.1. The first-order valence-corrected chi connectivity index (χ1v) is 13.3. The van der Waals surface area contributed by atoms with Gasteiger partial charge in [0.05, 0.1) is 22.4 Å². The van der Waals surface area contributed by atoms with Crippen molar-refractivity contribution in [2.75, 3.05) is 24.6 Å². The molecular weight excluding hydrogens is 493 g/mol. The average Bonchev–Trinajstić information content (AvgIpc) is 3.23. The van der Waals surface area contributed by atoms with Crippen molar-refractivity contribution in [1.29, 1.82) is 0 Å². The molecule has 0 saturated carbocycles. The first kappa shape index (κ1) is 24.1. The molecule has 0 bridgehead atoms. The molecule has 1 unspecified atom stereocenters. The second-order valence-electron chi connectivity index (χ2n) is 10.6. The van der Waals surface area contributed by atoms with Crippen LogP contribution in [0.1, 0.15) is 50.0 Å². The molecule has 2 aliphatic rings. The molecule has 4 heterocycles. The molecule has 0 amide bonds. The van der Waals surface area contributed by atoms with Gasteiger partial charge in [-0.2, -0.15) is 0 Å². The first-order chi connectivity index (χ1) is 17.6. The van der Waals surface area contributed by atoms with Gasteiger partial charge >= 0.3 is 5.97 Å². The van der Waals surface area contributed by atoms with E-state index in [2.05, 4.69) is 9.88 Å². The number of fused-ring (bicyclic) bond motifs is 1. The molecule has 0 radical (unpaired) electrons. The van der Waals surface area contributed by atoms with Crippen LogP contribution < -0.4 is 9.64 Å². The van der Waals surface area contributed by atoms with E-state index in [1.54, 1.807) is 33.9 Å². The molecule has 1 fully saturated rings. The summed E-state index contributed by atoms with van der Waals surface area (Å²) in [5.74, 6) is -0.944. The van der Waals surface area contributed by atoms with Gasteiger partial charge in [0, 0.05) is 47.8 Å². The Balaban J connectivity index is 1.73. The van der Waals surface area contributed by atoms with Crippen LogP contribution >= 0.6 is 11.3 Å². The third-order valence-electron chi connectivity index (χ3n) is 6.98. The Morgan fingerprint density at radius 3 is 2.70 bits per heavy atom. The molecule has 0 aliphatic carbocycles. The number of halogens is 1. The summed E-state index contributed by atoms with van der Waals surface area (Å²) in [6, 6.07) is 5.78. The van der Waals surface area contributed by atoms with Crippen LogP contribution in [-0.2, 0) is 16.0 Å². The smallest absolute Gasteiger partial charge is 0.337 e. The number of hydrogen-bond acceptors (Lipinski definition) is 7. The molecule has 0 spiro atoms. The number of carboxylic acid groups (broad SMARTS) is 1. The van der Waals surface area contributed by atoms with Gasteiger partial charge in [-0.1, -0.05) is 11.3 Å². The summed E-state index contributed by atoms with van der Waals surface area (Å²) in [4.78, 5) is 24.2. The Bertz CT molecular complexity index is 1560. The van der Waals surface area contributed by atoms with Crippen LogP contribution in [0.2, 0.25) is 0 Å². The molecule has 1 saturated heterocycles. The molecule has 1 atom stereocenters. The fourth-order valence-electron chi connectivity index (χ4n) is 5.16. The van der Waals surface area contributed by atoms with Crippen molar-refractivity contribution in [2.45, 2.75) is 52.2 Å². The lowest BCUT2D eigenvalue weighted by Gasteiger charge is -2.30. The molecule has 37 heavy (non-hydrogen) atoms. The lowest BCUT2D eigenvalue weighted by Crippen LogP contribution is -2.36. The minimum absolute atomic E-state index is 0.219. The molecule has 6 rings (SSSR count). The first-order valence-electron chi connectivity index (χ1n) is 12.5. The van der Waals surface area contributed by atoms with E-state index in [-0.39, 0.29) is 11.1 Å². The second kappa shape index (κ2) is 8.63. The molecule has 2 aliphatic heterocycles. The van der Waals surface area contributed by atoms with Gasteiger partial charge < -0.3 is 19.5 Å². The van der Waals surface area contributed by atoms with Crippen molar-refractivity contribution in [3.8, 4) is 16.9 Å². The minimum atomic E-state index is -1.38. The topological polar surface area (TPSA) is 84.8 Å². The third-order valence-corrected chi connectivity index (χ3v) is 8.11. The third kappa shape index (κ3) is 3.92. The van der Waals surface area contributed by atoms with Crippen molar-refractivity contribution in [3.63, 3.8) is 0 Å². The summed E-state index contributed by atoms with van der Waals surface area (Å²) < 4.78 is 28.6. The van der Waals surface area contributed by atoms with E-state index in [9.17, 15) is 9.90 Å². The van der Waals surface area contributed by atoms with Crippen molar-refractivity contribution in [2.24, 2.45) is 0 Å². The van der Waals surface area contributed by atoms with E-state index in [1.807, 2.05) is 18.2 Å². The van der Waals surface area contributed by atoms with E-state index >= 15 is 4.39 Å². The Morgan fingerprint density at radius 1 is 1.24 bits per heavy atom. The fraction of sp³-hybridized carbons (Fsp3) is 0.393. The standard InChI is InChI=1S/C28H28FN3O4S/c1-14-18(24(26(33)34)36-28(2,3)4)20(25-23(21(14)29)31-27(37-25)32-11-5-12-32)16-6-7-17-19-15(9-13-35-17)8-10-30-22(16)19/h6-8,10,24H,5,9,11-13H2,1-4H3,(H,33,34). The van der Waals surface area contributed by atoms with Crippen molar-refractivity contribution in [1.82, 2.24) is 9.97 Å². The van der Waals surface area contributed by atoms with E-state index in [0.717, 1.165) is 53.3 Å². The molecule has 2 aromatic carbocycles. The number of aliphatic carboxylic acids is 1. The molecule has 1 N–H and O–H groups in total. The summed E-state index contributed by atoms with van der Waals surface area (Å²) in [5.41, 5.74) is 3.13. The average molecular weight is 522 g/mol. The molecule has 7 nitrogen and oxygen atoms in total. The number of aromatic nitrogens is 2. The zero-order valence-electron chi connectivity index (χ0n) is 21.2. The largest absolute Gasteiger partial charge is 0.493 e. The predicted molar refractivity (Wildman–Crippen MR) is 142 cm³/mol. The number of benzene rings is 2. The predicted octanol–water partition coefficient (Wildman–Crippen LogP) is 6.04. The number of rotatable bonds is 5. The fourth-order valence-corrected chi connectivity index (χ4v) is 6.35. The summed E-state index contributed by atoms with van der Waals surface area (Å²) in [6.07, 6.45) is 2.20. The highest BCUT2D eigenvalue weighted by molar-refractivity contribution is 7.22. The minimum Gasteiger partial charge on any atom is -0.493 e.